The second-order valence-corrected chi connectivity index (χ2v) is 4.66. The smallest absolute Gasteiger partial charge is 0.354 e. The topological polar surface area (TPSA) is 28.2 Å². The fourth-order valence-electron chi connectivity index (χ4n) is 1.95. The lowest BCUT2D eigenvalue weighted by Gasteiger charge is -2.32. The number of rotatable bonds is 1. The van der Waals surface area contributed by atoms with Gasteiger partial charge in [0.05, 0.1) is 5.56 Å². The van der Waals surface area contributed by atoms with Gasteiger partial charge in [-0.05, 0) is 19.1 Å². The van der Waals surface area contributed by atoms with Crippen molar-refractivity contribution in [3.8, 4) is 0 Å². The van der Waals surface area contributed by atoms with Crippen LogP contribution in [0.3, 0.4) is 0 Å². The Bertz CT molecular complexity index is 436. The monoisotopic (exact) mass is 279 g/mol. The van der Waals surface area contributed by atoms with E-state index in [1.165, 1.54) is 6.07 Å². The highest BCUT2D eigenvalue weighted by Crippen LogP contribution is 2.34. The SMILES string of the molecule is C[C@@H]1CN(c2ccc(C(F)(F)F)c(Cl)n2)CCN1. The van der Waals surface area contributed by atoms with Gasteiger partial charge in [0.25, 0.3) is 0 Å². The maximum absolute atomic E-state index is 12.5. The van der Waals surface area contributed by atoms with Crippen LogP contribution in [0, 0.1) is 0 Å². The second kappa shape index (κ2) is 4.93. The van der Waals surface area contributed by atoms with Crippen molar-refractivity contribution in [3.63, 3.8) is 0 Å². The summed E-state index contributed by atoms with van der Waals surface area (Å²) in [6, 6.07) is 2.63. The van der Waals surface area contributed by atoms with Crippen LogP contribution < -0.4 is 10.2 Å². The van der Waals surface area contributed by atoms with Crippen LogP contribution in [-0.2, 0) is 6.18 Å². The molecule has 1 aromatic heterocycles. The molecule has 100 valence electrons. The Balaban J connectivity index is 2.23. The van der Waals surface area contributed by atoms with E-state index in [-0.39, 0.29) is 6.04 Å². The first-order valence-electron chi connectivity index (χ1n) is 5.60. The van der Waals surface area contributed by atoms with Crippen LogP contribution in [0.25, 0.3) is 0 Å². The molecule has 3 nitrogen and oxygen atoms in total. The van der Waals surface area contributed by atoms with Crippen molar-refractivity contribution in [1.82, 2.24) is 10.3 Å². The molecule has 1 atom stereocenters. The maximum Gasteiger partial charge on any atom is 0.419 e. The molecule has 2 heterocycles. The molecule has 0 unspecified atom stereocenters. The molecular formula is C11H13ClF3N3. The number of hydrogen-bond acceptors (Lipinski definition) is 3. The van der Waals surface area contributed by atoms with E-state index in [1.807, 2.05) is 11.8 Å². The molecule has 0 amide bonds. The number of aromatic nitrogens is 1. The summed E-state index contributed by atoms with van der Waals surface area (Å²) in [6.07, 6.45) is -4.46. The third-order valence-corrected chi connectivity index (χ3v) is 3.12. The molecule has 18 heavy (non-hydrogen) atoms. The molecule has 0 radical (unpaired) electrons. The van der Waals surface area contributed by atoms with E-state index in [0.717, 1.165) is 12.6 Å². The molecule has 0 aliphatic carbocycles. The Morgan fingerprint density at radius 2 is 2.17 bits per heavy atom. The molecule has 1 aromatic rings. The van der Waals surface area contributed by atoms with Gasteiger partial charge in [0.15, 0.2) is 0 Å². The molecule has 0 aromatic carbocycles. The summed E-state index contributed by atoms with van der Waals surface area (Å²) in [7, 11) is 0. The van der Waals surface area contributed by atoms with Crippen molar-refractivity contribution in [3.05, 3.63) is 22.8 Å². The van der Waals surface area contributed by atoms with E-state index in [1.54, 1.807) is 0 Å². The highest BCUT2D eigenvalue weighted by molar-refractivity contribution is 6.30. The number of anilines is 1. The zero-order valence-corrected chi connectivity index (χ0v) is 10.5. The minimum Gasteiger partial charge on any atom is -0.354 e. The molecular weight excluding hydrogens is 267 g/mol. The van der Waals surface area contributed by atoms with Crippen LogP contribution in [0.15, 0.2) is 12.1 Å². The van der Waals surface area contributed by atoms with Crippen LogP contribution in [0.2, 0.25) is 5.15 Å². The summed E-state index contributed by atoms with van der Waals surface area (Å²) < 4.78 is 37.6. The van der Waals surface area contributed by atoms with Gasteiger partial charge < -0.3 is 10.2 Å². The quantitative estimate of drug-likeness (QED) is 0.801. The Morgan fingerprint density at radius 1 is 1.44 bits per heavy atom. The average molecular weight is 280 g/mol. The van der Waals surface area contributed by atoms with Gasteiger partial charge >= 0.3 is 6.18 Å². The standard InChI is InChI=1S/C11H13ClF3N3/c1-7-6-18(5-4-16-7)9-3-2-8(10(12)17-9)11(13,14)15/h2-3,7,16H,4-6H2,1H3/t7-/m1/s1. The maximum atomic E-state index is 12.5. The van der Waals surface area contributed by atoms with Gasteiger partial charge in [0, 0.05) is 25.7 Å². The molecule has 1 fully saturated rings. The number of nitrogens with one attached hydrogen (secondary N) is 1. The molecule has 0 bridgehead atoms. The van der Waals surface area contributed by atoms with Crippen LogP contribution >= 0.6 is 11.6 Å². The van der Waals surface area contributed by atoms with Crippen molar-refractivity contribution in [1.29, 1.82) is 0 Å². The Kier molecular flexibility index (Phi) is 3.68. The van der Waals surface area contributed by atoms with Crippen molar-refractivity contribution in [2.45, 2.75) is 19.1 Å². The number of piperazine rings is 1. The van der Waals surface area contributed by atoms with E-state index in [2.05, 4.69) is 10.3 Å². The zero-order chi connectivity index (χ0) is 13.3. The Morgan fingerprint density at radius 3 is 2.72 bits per heavy atom. The van der Waals surface area contributed by atoms with Gasteiger partial charge in [-0.2, -0.15) is 13.2 Å². The van der Waals surface area contributed by atoms with E-state index < -0.39 is 16.9 Å². The highest BCUT2D eigenvalue weighted by atomic mass is 35.5. The number of pyridine rings is 1. The first-order valence-corrected chi connectivity index (χ1v) is 5.98. The van der Waals surface area contributed by atoms with Gasteiger partial charge in [-0.1, -0.05) is 11.6 Å². The minimum atomic E-state index is -4.46. The molecule has 0 spiro atoms. The van der Waals surface area contributed by atoms with Crippen molar-refractivity contribution < 1.29 is 13.2 Å². The molecule has 2 rings (SSSR count). The van der Waals surface area contributed by atoms with Crippen LogP contribution in [0.1, 0.15) is 12.5 Å². The Labute approximate surface area is 108 Å². The number of hydrogen-bond donors (Lipinski definition) is 1. The van der Waals surface area contributed by atoms with Gasteiger partial charge in [-0.15, -0.1) is 0 Å². The third-order valence-electron chi connectivity index (χ3n) is 2.83. The average Bonchev–Trinajstić information content (AvgIpc) is 2.27. The number of alkyl halides is 3. The van der Waals surface area contributed by atoms with E-state index in [0.29, 0.717) is 18.9 Å². The summed E-state index contributed by atoms with van der Waals surface area (Å²) in [5, 5.41) is 2.76. The Hall–Kier alpha value is -1.01. The summed E-state index contributed by atoms with van der Waals surface area (Å²) in [5.74, 6) is 0.487. The largest absolute Gasteiger partial charge is 0.419 e. The molecule has 1 saturated heterocycles. The van der Waals surface area contributed by atoms with E-state index >= 15 is 0 Å². The molecule has 1 aliphatic rings. The fourth-order valence-corrected chi connectivity index (χ4v) is 2.21. The molecule has 7 heteroatoms. The summed E-state index contributed by atoms with van der Waals surface area (Å²) >= 11 is 5.60. The van der Waals surface area contributed by atoms with Gasteiger partial charge in [-0.25, -0.2) is 4.98 Å². The van der Waals surface area contributed by atoms with Gasteiger partial charge in [0.1, 0.15) is 11.0 Å². The summed E-state index contributed by atoms with van der Waals surface area (Å²) in [6.45, 7) is 4.20. The molecule has 0 saturated carbocycles. The first-order chi connectivity index (χ1) is 8.38. The highest BCUT2D eigenvalue weighted by Gasteiger charge is 2.34. The predicted molar refractivity (Wildman–Crippen MR) is 63.9 cm³/mol. The minimum absolute atomic E-state index is 0.279. The van der Waals surface area contributed by atoms with E-state index in [9.17, 15) is 13.2 Å². The van der Waals surface area contributed by atoms with Crippen LogP contribution in [0.4, 0.5) is 19.0 Å². The lowest BCUT2D eigenvalue weighted by molar-refractivity contribution is -0.137. The van der Waals surface area contributed by atoms with Crippen LogP contribution in [-0.4, -0.2) is 30.7 Å². The van der Waals surface area contributed by atoms with Gasteiger partial charge in [0.2, 0.25) is 0 Å². The van der Waals surface area contributed by atoms with E-state index in [4.69, 9.17) is 11.6 Å². The van der Waals surface area contributed by atoms with Crippen molar-refractivity contribution in [2.75, 3.05) is 24.5 Å². The predicted octanol–water partition coefficient (Wildman–Crippen LogP) is 2.55. The van der Waals surface area contributed by atoms with Crippen molar-refractivity contribution in [2.24, 2.45) is 0 Å². The number of nitrogens with zero attached hydrogens (tertiary/aromatic N) is 2. The summed E-state index contributed by atoms with van der Waals surface area (Å²) in [5.41, 5.74) is -0.893. The molecule has 1 N–H and O–H groups in total. The normalized spacial score (nSPS) is 21.2. The molecule has 1 aliphatic heterocycles. The first kappa shape index (κ1) is 13.4. The van der Waals surface area contributed by atoms with Crippen molar-refractivity contribution >= 4 is 17.4 Å². The lowest BCUT2D eigenvalue weighted by Crippen LogP contribution is -2.49. The lowest BCUT2D eigenvalue weighted by atomic mass is 10.2. The fraction of sp³-hybridized carbons (Fsp3) is 0.545. The van der Waals surface area contributed by atoms with Gasteiger partial charge in [-0.3, -0.25) is 0 Å². The second-order valence-electron chi connectivity index (χ2n) is 4.31. The summed E-state index contributed by atoms with van der Waals surface area (Å²) in [4.78, 5) is 5.77. The van der Waals surface area contributed by atoms with Crippen LogP contribution in [0.5, 0.6) is 0 Å². The third kappa shape index (κ3) is 2.87. The zero-order valence-electron chi connectivity index (χ0n) is 9.76. The number of halogens is 4.